The van der Waals surface area contributed by atoms with Crippen LogP contribution in [0.4, 0.5) is 0 Å². The molecular weight excluding hydrogens is 294 g/mol. The van der Waals surface area contributed by atoms with E-state index in [0.717, 1.165) is 32.9 Å². The zero-order valence-corrected chi connectivity index (χ0v) is 12.2. The molecule has 96 valence electrons. The molecule has 4 heteroatoms. The Morgan fingerprint density at radius 3 is 2.50 bits per heavy atom. The smallest absolute Gasteiger partial charge is 0.133 e. The zero-order chi connectivity index (χ0) is 13.3. The Hall–Kier alpha value is -1.26. The van der Waals surface area contributed by atoms with E-state index in [1.54, 1.807) is 7.11 Å². The predicted molar refractivity (Wildman–Crippen MR) is 74.9 cm³/mol. The Bertz CT molecular complexity index is 563. The zero-order valence-electron chi connectivity index (χ0n) is 10.7. The van der Waals surface area contributed by atoms with Gasteiger partial charge in [0, 0.05) is 5.56 Å². The molecule has 0 aliphatic rings. The summed E-state index contributed by atoms with van der Waals surface area (Å²) in [4.78, 5) is 0. The summed E-state index contributed by atoms with van der Waals surface area (Å²) in [5.41, 5.74) is 8.31. The van der Waals surface area contributed by atoms with Crippen molar-refractivity contribution in [1.82, 2.24) is 0 Å². The van der Waals surface area contributed by atoms with Crippen LogP contribution in [0, 0.1) is 13.8 Å². The lowest BCUT2D eigenvalue weighted by Gasteiger charge is -2.13. The number of furan rings is 1. The number of rotatable bonds is 3. The average molecular weight is 310 g/mol. The lowest BCUT2D eigenvalue weighted by atomic mass is 10.00. The molecule has 0 saturated carbocycles. The number of methoxy groups -OCH3 is 1. The van der Waals surface area contributed by atoms with Crippen LogP contribution in [-0.2, 0) is 0 Å². The van der Waals surface area contributed by atoms with Crippen molar-refractivity contribution >= 4 is 15.9 Å². The van der Waals surface area contributed by atoms with Gasteiger partial charge < -0.3 is 14.9 Å². The molecule has 0 fully saturated rings. The average Bonchev–Trinajstić information content (AvgIpc) is 2.67. The van der Waals surface area contributed by atoms with E-state index in [1.807, 2.05) is 38.1 Å². The molecule has 1 aromatic carbocycles. The van der Waals surface area contributed by atoms with Gasteiger partial charge in [-0.2, -0.15) is 0 Å². The third-order valence-electron chi connectivity index (χ3n) is 2.95. The highest BCUT2D eigenvalue weighted by molar-refractivity contribution is 9.10. The van der Waals surface area contributed by atoms with Crippen molar-refractivity contribution in [1.29, 1.82) is 0 Å². The molecular formula is C14H16BrNO2. The van der Waals surface area contributed by atoms with E-state index < -0.39 is 0 Å². The molecule has 0 aliphatic carbocycles. The van der Waals surface area contributed by atoms with Crippen LogP contribution in [0.25, 0.3) is 0 Å². The molecule has 0 bridgehead atoms. The van der Waals surface area contributed by atoms with E-state index in [9.17, 15) is 0 Å². The highest BCUT2D eigenvalue weighted by Gasteiger charge is 2.16. The van der Waals surface area contributed by atoms with Crippen molar-refractivity contribution in [3.8, 4) is 5.75 Å². The fourth-order valence-corrected chi connectivity index (χ4v) is 2.57. The summed E-state index contributed by atoms with van der Waals surface area (Å²) in [6.07, 6.45) is 0. The van der Waals surface area contributed by atoms with Gasteiger partial charge in [-0.05, 0) is 53.5 Å². The summed E-state index contributed by atoms with van der Waals surface area (Å²) in [6.45, 7) is 3.86. The number of hydrogen-bond donors (Lipinski definition) is 1. The third kappa shape index (κ3) is 2.44. The fraction of sp³-hybridized carbons (Fsp3) is 0.286. The number of hydrogen-bond acceptors (Lipinski definition) is 3. The lowest BCUT2D eigenvalue weighted by molar-refractivity contribution is 0.412. The second kappa shape index (κ2) is 5.16. The molecule has 0 radical (unpaired) electrons. The number of ether oxygens (including phenoxy) is 1. The summed E-state index contributed by atoms with van der Waals surface area (Å²) in [6, 6.07) is 7.64. The summed E-state index contributed by atoms with van der Waals surface area (Å²) < 4.78 is 11.6. The van der Waals surface area contributed by atoms with Gasteiger partial charge in [-0.25, -0.2) is 0 Å². The largest absolute Gasteiger partial charge is 0.496 e. The van der Waals surface area contributed by atoms with Gasteiger partial charge in [0.1, 0.15) is 17.3 Å². The van der Waals surface area contributed by atoms with Crippen LogP contribution >= 0.6 is 15.9 Å². The van der Waals surface area contributed by atoms with Crippen molar-refractivity contribution in [3.63, 3.8) is 0 Å². The normalized spacial score (nSPS) is 12.5. The van der Waals surface area contributed by atoms with Crippen LogP contribution in [0.15, 0.2) is 33.2 Å². The molecule has 0 saturated heterocycles. The number of halogens is 1. The Morgan fingerprint density at radius 2 is 2.00 bits per heavy atom. The van der Waals surface area contributed by atoms with Gasteiger partial charge in [0.2, 0.25) is 0 Å². The third-order valence-corrected chi connectivity index (χ3v) is 3.57. The standard InChI is InChI=1S/C14H16BrNO2/c1-8-6-11(9(2)18-8)14(16)10-4-5-13(17-3)12(15)7-10/h4-7,14H,16H2,1-3H3. The molecule has 1 atom stereocenters. The Labute approximate surface area is 115 Å². The maximum absolute atomic E-state index is 6.27. The molecule has 2 N–H and O–H groups in total. The van der Waals surface area contributed by atoms with Crippen molar-refractivity contribution in [2.75, 3.05) is 7.11 Å². The molecule has 0 aliphatic heterocycles. The molecule has 1 aromatic heterocycles. The molecule has 1 unspecified atom stereocenters. The van der Waals surface area contributed by atoms with Crippen LogP contribution in [0.3, 0.4) is 0 Å². The van der Waals surface area contributed by atoms with Crippen molar-refractivity contribution < 1.29 is 9.15 Å². The number of benzene rings is 1. The van der Waals surface area contributed by atoms with Gasteiger partial charge in [0.25, 0.3) is 0 Å². The van der Waals surface area contributed by atoms with E-state index in [2.05, 4.69) is 15.9 Å². The SMILES string of the molecule is COc1ccc(C(N)c2cc(C)oc2C)cc1Br. The molecule has 2 rings (SSSR count). The summed E-state index contributed by atoms with van der Waals surface area (Å²) >= 11 is 3.47. The molecule has 18 heavy (non-hydrogen) atoms. The highest BCUT2D eigenvalue weighted by Crippen LogP contribution is 2.31. The van der Waals surface area contributed by atoms with Crippen LogP contribution < -0.4 is 10.5 Å². The van der Waals surface area contributed by atoms with E-state index in [0.29, 0.717) is 0 Å². The topological polar surface area (TPSA) is 48.4 Å². The molecule has 0 spiro atoms. The van der Waals surface area contributed by atoms with E-state index in [1.165, 1.54) is 0 Å². The predicted octanol–water partition coefficient (Wildman–Crippen LogP) is 3.72. The second-order valence-corrected chi connectivity index (χ2v) is 5.09. The molecule has 1 heterocycles. The first-order valence-corrected chi connectivity index (χ1v) is 6.48. The van der Waals surface area contributed by atoms with Crippen molar-refractivity contribution in [2.24, 2.45) is 5.73 Å². The quantitative estimate of drug-likeness (QED) is 0.940. The summed E-state index contributed by atoms with van der Waals surface area (Å²) in [5.74, 6) is 2.54. The first-order chi connectivity index (χ1) is 8.52. The van der Waals surface area contributed by atoms with Gasteiger partial charge in [0.15, 0.2) is 0 Å². The van der Waals surface area contributed by atoms with Crippen LogP contribution in [0.1, 0.15) is 28.7 Å². The fourth-order valence-electron chi connectivity index (χ4n) is 2.01. The maximum atomic E-state index is 6.27. The maximum Gasteiger partial charge on any atom is 0.133 e. The number of nitrogens with two attached hydrogens (primary N) is 1. The van der Waals surface area contributed by atoms with Crippen LogP contribution in [0.5, 0.6) is 5.75 Å². The van der Waals surface area contributed by atoms with Gasteiger partial charge in [-0.3, -0.25) is 0 Å². The lowest BCUT2D eigenvalue weighted by Crippen LogP contribution is -2.12. The Kier molecular flexibility index (Phi) is 3.78. The van der Waals surface area contributed by atoms with E-state index >= 15 is 0 Å². The molecule has 3 nitrogen and oxygen atoms in total. The van der Waals surface area contributed by atoms with Gasteiger partial charge in [0.05, 0.1) is 17.6 Å². The van der Waals surface area contributed by atoms with Gasteiger partial charge in [-0.15, -0.1) is 0 Å². The van der Waals surface area contributed by atoms with Gasteiger partial charge >= 0.3 is 0 Å². The first-order valence-electron chi connectivity index (χ1n) is 5.69. The second-order valence-electron chi connectivity index (χ2n) is 4.24. The minimum Gasteiger partial charge on any atom is -0.496 e. The van der Waals surface area contributed by atoms with Crippen molar-refractivity contribution in [2.45, 2.75) is 19.9 Å². The summed E-state index contributed by atoms with van der Waals surface area (Å²) in [5, 5.41) is 0. The molecule has 0 amide bonds. The Morgan fingerprint density at radius 1 is 1.28 bits per heavy atom. The first kappa shape index (κ1) is 13.2. The highest BCUT2D eigenvalue weighted by atomic mass is 79.9. The monoisotopic (exact) mass is 309 g/mol. The minimum absolute atomic E-state index is 0.190. The Balaban J connectivity index is 2.37. The van der Waals surface area contributed by atoms with Gasteiger partial charge in [-0.1, -0.05) is 6.07 Å². The van der Waals surface area contributed by atoms with Crippen molar-refractivity contribution in [3.05, 3.63) is 51.4 Å². The molecule has 2 aromatic rings. The van der Waals surface area contributed by atoms with E-state index in [-0.39, 0.29) is 6.04 Å². The van der Waals surface area contributed by atoms with Crippen LogP contribution in [-0.4, -0.2) is 7.11 Å². The van der Waals surface area contributed by atoms with E-state index in [4.69, 9.17) is 14.9 Å². The number of aryl methyl sites for hydroxylation is 2. The van der Waals surface area contributed by atoms with Crippen LogP contribution in [0.2, 0.25) is 0 Å². The minimum atomic E-state index is -0.190. The summed E-state index contributed by atoms with van der Waals surface area (Å²) in [7, 11) is 1.64.